The molecule has 0 bridgehead atoms. The van der Waals surface area contributed by atoms with E-state index in [-0.39, 0.29) is 0 Å². The molecule has 0 saturated carbocycles. The van der Waals surface area contributed by atoms with Gasteiger partial charge in [0.15, 0.2) is 0 Å². The van der Waals surface area contributed by atoms with Crippen molar-refractivity contribution in [3.05, 3.63) is 60.7 Å². The summed E-state index contributed by atoms with van der Waals surface area (Å²) in [6.45, 7) is 4.62. The van der Waals surface area contributed by atoms with E-state index in [0.29, 0.717) is 0 Å². The molecule has 0 N–H and O–H groups in total. The summed E-state index contributed by atoms with van der Waals surface area (Å²) in [7, 11) is -1.36. The highest BCUT2D eigenvalue weighted by molar-refractivity contribution is 7.89. The third-order valence-electron chi connectivity index (χ3n) is 9.29. The lowest BCUT2D eigenvalue weighted by Crippen LogP contribution is -2.27. The minimum absolute atomic E-state index is 1.36. The van der Waals surface area contributed by atoms with Gasteiger partial charge in [0.05, 0.1) is 30.2 Å². The van der Waals surface area contributed by atoms with Gasteiger partial charge in [-0.15, -0.1) is 0 Å². The smallest absolute Gasteiger partial charge is 0.0654 e. The van der Waals surface area contributed by atoms with Crippen molar-refractivity contribution in [1.82, 2.24) is 0 Å². The van der Waals surface area contributed by atoms with E-state index < -0.39 is 7.26 Å². The lowest BCUT2D eigenvalue weighted by molar-refractivity contribution is 0.547. The van der Waals surface area contributed by atoms with E-state index in [0.717, 1.165) is 0 Å². The van der Waals surface area contributed by atoms with Crippen LogP contribution in [0.1, 0.15) is 168 Å². The maximum Gasteiger partial charge on any atom is 0.0991 e. The molecule has 0 heterocycles. The molecule has 0 amide bonds. The molecule has 0 nitrogen and oxygen atoms in total. The summed E-state index contributed by atoms with van der Waals surface area (Å²) in [5.41, 5.74) is 0. The quantitative estimate of drug-likeness (QED) is 0.0694. The van der Waals surface area contributed by atoms with E-state index in [1.54, 1.807) is 10.6 Å². The first kappa shape index (κ1) is 36.1. The summed E-state index contributed by atoms with van der Waals surface area (Å²) in [5.74, 6) is 0. The van der Waals surface area contributed by atoms with Crippen LogP contribution >= 0.6 is 7.26 Å². The van der Waals surface area contributed by atoms with Crippen LogP contribution in [-0.2, 0) is 0 Å². The third kappa shape index (κ3) is 16.3. The molecule has 0 fully saturated rings. The first-order valence-electron chi connectivity index (χ1n) is 18.3. The summed E-state index contributed by atoms with van der Waals surface area (Å²) in [6, 6.07) is 23.4. The van der Waals surface area contributed by atoms with Crippen molar-refractivity contribution >= 4 is 17.9 Å². The Morgan fingerprint density at radius 1 is 0.317 bits per heavy atom. The number of hydrogen-bond donors (Lipinski definition) is 0. The van der Waals surface area contributed by atoms with Crippen molar-refractivity contribution < 1.29 is 0 Å². The molecule has 0 aliphatic heterocycles. The molecule has 2 rings (SSSR count). The predicted molar refractivity (Wildman–Crippen MR) is 191 cm³/mol. The zero-order valence-electron chi connectivity index (χ0n) is 27.6. The van der Waals surface area contributed by atoms with Gasteiger partial charge in [0.25, 0.3) is 0 Å². The molecule has 41 heavy (non-hydrogen) atoms. The van der Waals surface area contributed by atoms with Crippen LogP contribution in [0.15, 0.2) is 60.7 Å². The number of benzene rings is 2. The van der Waals surface area contributed by atoms with Gasteiger partial charge in [-0.2, -0.15) is 0 Å². The van der Waals surface area contributed by atoms with Gasteiger partial charge < -0.3 is 0 Å². The van der Waals surface area contributed by atoms with Gasteiger partial charge in [-0.25, -0.2) is 0 Å². The van der Waals surface area contributed by atoms with Crippen molar-refractivity contribution in [1.29, 1.82) is 0 Å². The Labute approximate surface area is 258 Å². The van der Waals surface area contributed by atoms with Crippen molar-refractivity contribution in [3.8, 4) is 0 Å². The molecule has 2 aromatic carbocycles. The van der Waals surface area contributed by atoms with Crippen LogP contribution in [-0.4, -0.2) is 12.3 Å². The average Bonchev–Trinajstić information content (AvgIpc) is 3.02. The van der Waals surface area contributed by atoms with Crippen molar-refractivity contribution in [2.45, 2.75) is 168 Å². The summed E-state index contributed by atoms with van der Waals surface area (Å²) in [6.07, 6.45) is 37.2. The second-order valence-electron chi connectivity index (χ2n) is 12.9. The standard InChI is InChI=1S/C40H68P/c1-3-5-7-9-11-13-15-17-19-21-23-31-37-41(39-33-27-25-28-34-39,40-35-29-26-30-36-40)38-32-24-22-20-18-16-14-12-10-8-6-4-2/h25-30,33-36H,3-24,31-32,37-38H2,1-2H3/q+1. The maximum atomic E-state index is 2.46. The van der Waals surface area contributed by atoms with Gasteiger partial charge in [-0.1, -0.05) is 179 Å². The molecule has 0 aromatic heterocycles. The summed E-state index contributed by atoms with van der Waals surface area (Å²) in [5, 5.41) is 3.30. The highest BCUT2D eigenvalue weighted by Gasteiger charge is 2.41. The average molecular weight is 580 g/mol. The minimum atomic E-state index is -1.36. The third-order valence-corrected chi connectivity index (χ3v) is 14.0. The molecular formula is C40H68P+. The molecular weight excluding hydrogens is 511 g/mol. The van der Waals surface area contributed by atoms with E-state index in [2.05, 4.69) is 74.5 Å². The highest BCUT2D eigenvalue weighted by Crippen LogP contribution is 2.57. The summed E-state index contributed by atoms with van der Waals surface area (Å²) in [4.78, 5) is 0. The fourth-order valence-corrected chi connectivity index (χ4v) is 11.2. The molecule has 0 saturated heterocycles. The van der Waals surface area contributed by atoms with E-state index in [1.807, 2.05) is 0 Å². The Morgan fingerprint density at radius 3 is 0.829 bits per heavy atom. The highest BCUT2D eigenvalue weighted by atomic mass is 31.2. The SMILES string of the molecule is CCCCCCCCCCCCCC[P+](CCCCCCCCCCCCCC)(c1ccccc1)c1ccccc1. The van der Waals surface area contributed by atoms with Crippen LogP contribution in [0.3, 0.4) is 0 Å². The van der Waals surface area contributed by atoms with Crippen molar-refractivity contribution in [2.24, 2.45) is 0 Å². The molecule has 2 aromatic rings. The minimum Gasteiger partial charge on any atom is -0.0654 e. The Balaban J connectivity index is 1.78. The van der Waals surface area contributed by atoms with Crippen LogP contribution in [0, 0.1) is 0 Å². The molecule has 0 atom stereocenters. The fourth-order valence-electron chi connectivity index (χ4n) is 6.65. The Bertz CT molecular complexity index is 729. The largest absolute Gasteiger partial charge is 0.0991 e. The van der Waals surface area contributed by atoms with Gasteiger partial charge in [-0.05, 0) is 49.9 Å². The van der Waals surface area contributed by atoms with Crippen LogP contribution in [0.4, 0.5) is 0 Å². The lowest BCUT2D eigenvalue weighted by Gasteiger charge is -2.28. The van der Waals surface area contributed by atoms with Crippen molar-refractivity contribution in [3.63, 3.8) is 0 Å². The topological polar surface area (TPSA) is 0 Å². The second-order valence-corrected chi connectivity index (χ2v) is 16.7. The monoisotopic (exact) mass is 580 g/mol. The van der Waals surface area contributed by atoms with Gasteiger partial charge in [0, 0.05) is 0 Å². The van der Waals surface area contributed by atoms with Crippen LogP contribution < -0.4 is 10.6 Å². The van der Waals surface area contributed by atoms with E-state index in [4.69, 9.17) is 0 Å². The van der Waals surface area contributed by atoms with Crippen LogP contribution in [0.5, 0.6) is 0 Å². The van der Waals surface area contributed by atoms with Gasteiger partial charge >= 0.3 is 0 Å². The first-order valence-corrected chi connectivity index (χ1v) is 20.5. The van der Waals surface area contributed by atoms with Crippen LogP contribution in [0.2, 0.25) is 0 Å². The van der Waals surface area contributed by atoms with E-state index in [9.17, 15) is 0 Å². The molecule has 1 heteroatoms. The normalized spacial score (nSPS) is 11.8. The Morgan fingerprint density at radius 2 is 0.561 bits per heavy atom. The molecule has 0 aliphatic rings. The van der Waals surface area contributed by atoms with Crippen LogP contribution in [0.25, 0.3) is 0 Å². The first-order chi connectivity index (χ1) is 20.3. The summed E-state index contributed by atoms with van der Waals surface area (Å²) >= 11 is 0. The predicted octanol–water partition coefficient (Wildman–Crippen LogP) is 13.1. The van der Waals surface area contributed by atoms with Crippen molar-refractivity contribution in [2.75, 3.05) is 12.3 Å². The number of rotatable bonds is 28. The molecule has 0 radical (unpaired) electrons. The van der Waals surface area contributed by atoms with Gasteiger partial charge in [0.2, 0.25) is 0 Å². The molecule has 0 aliphatic carbocycles. The molecule has 0 spiro atoms. The molecule has 232 valence electrons. The lowest BCUT2D eigenvalue weighted by atomic mass is 10.1. The zero-order chi connectivity index (χ0) is 29.1. The molecule has 0 unspecified atom stereocenters. The number of hydrogen-bond acceptors (Lipinski definition) is 0. The Hall–Kier alpha value is -1.13. The Kier molecular flexibility index (Phi) is 22.3. The second kappa shape index (κ2) is 25.4. The zero-order valence-corrected chi connectivity index (χ0v) is 28.5. The number of unbranched alkanes of at least 4 members (excludes halogenated alkanes) is 22. The van der Waals surface area contributed by atoms with Gasteiger partial charge in [0.1, 0.15) is 0 Å². The maximum absolute atomic E-state index is 2.46. The van der Waals surface area contributed by atoms with Gasteiger partial charge in [-0.3, -0.25) is 0 Å². The summed E-state index contributed by atoms with van der Waals surface area (Å²) < 4.78 is 0. The van der Waals surface area contributed by atoms with E-state index in [1.165, 1.54) is 166 Å². The fraction of sp³-hybridized carbons (Fsp3) is 0.700. The van der Waals surface area contributed by atoms with E-state index >= 15 is 0 Å².